The second kappa shape index (κ2) is 7.55. The Hall–Kier alpha value is -1.56. The zero-order chi connectivity index (χ0) is 17.0. The normalized spacial score (nSPS) is 19.2. The third-order valence-corrected chi connectivity index (χ3v) is 5.69. The van der Waals surface area contributed by atoms with Gasteiger partial charge in [0.25, 0.3) is 5.91 Å². The van der Waals surface area contributed by atoms with Crippen molar-refractivity contribution in [3.63, 3.8) is 0 Å². The zero-order valence-electron chi connectivity index (χ0n) is 14.1. The number of hydrogen-bond acceptors (Lipinski definition) is 2. The van der Waals surface area contributed by atoms with Gasteiger partial charge in [-0.1, -0.05) is 22.4 Å². The molecule has 24 heavy (non-hydrogen) atoms. The fourth-order valence-electron chi connectivity index (χ4n) is 3.59. The topological polar surface area (TPSA) is 56.7 Å². The van der Waals surface area contributed by atoms with Crippen molar-refractivity contribution in [2.45, 2.75) is 25.7 Å². The number of benzene rings is 1. The highest BCUT2D eigenvalue weighted by molar-refractivity contribution is 9.10. The van der Waals surface area contributed by atoms with E-state index < -0.39 is 0 Å². The van der Waals surface area contributed by atoms with Crippen LogP contribution < -0.4 is 10.6 Å². The molecule has 2 N–H and O–H groups in total. The molecule has 5 nitrogen and oxygen atoms in total. The van der Waals surface area contributed by atoms with Crippen LogP contribution in [-0.2, 0) is 0 Å². The SMILES string of the molecule is CN=C(NCCNC(=O)c1ccc(Br)cc1)N1CCC2(CCC2)C1. The van der Waals surface area contributed by atoms with E-state index >= 15 is 0 Å². The third-order valence-electron chi connectivity index (χ3n) is 5.16. The van der Waals surface area contributed by atoms with E-state index in [2.05, 4.69) is 36.5 Å². The third kappa shape index (κ3) is 3.91. The molecule has 6 heteroatoms. The molecule has 0 radical (unpaired) electrons. The van der Waals surface area contributed by atoms with E-state index in [1.54, 1.807) is 0 Å². The first-order valence-corrected chi connectivity index (χ1v) is 9.41. The van der Waals surface area contributed by atoms with Crippen LogP contribution in [0.1, 0.15) is 36.0 Å². The first-order chi connectivity index (χ1) is 11.6. The number of nitrogens with zero attached hydrogens (tertiary/aromatic N) is 2. The van der Waals surface area contributed by atoms with Gasteiger partial charge < -0.3 is 15.5 Å². The second-order valence-corrected chi connectivity index (χ2v) is 7.68. The molecule has 1 spiro atoms. The highest BCUT2D eigenvalue weighted by Gasteiger charge is 2.43. The van der Waals surface area contributed by atoms with Crippen LogP contribution in [0.4, 0.5) is 0 Å². The smallest absolute Gasteiger partial charge is 0.251 e. The van der Waals surface area contributed by atoms with Gasteiger partial charge in [0.05, 0.1) is 0 Å². The van der Waals surface area contributed by atoms with Crippen molar-refractivity contribution in [1.82, 2.24) is 15.5 Å². The number of guanidine groups is 1. The lowest BCUT2D eigenvalue weighted by molar-refractivity contribution is 0.0954. The van der Waals surface area contributed by atoms with Gasteiger partial charge in [-0.3, -0.25) is 9.79 Å². The molecule has 0 unspecified atom stereocenters. The Morgan fingerprint density at radius 3 is 2.50 bits per heavy atom. The Labute approximate surface area is 152 Å². The van der Waals surface area contributed by atoms with E-state index in [9.17, 15) is 4.79 Å². The van der Waals surface area contributed by atoms with Crippen molar-refractivity contribution >= 4 is 27.8 Å². The second-order valence-electron chi connectivity index (χ2n) is 6.76. The Balaban J connectivity index is 1.40. The van der Waals surface area contributed by atoms with Gasteiger partial charge in [0.15, 0.2) is 5.96 Å². The number of likely N-dealkylation sites (tertiary alicyclic amines) is 1. The summed E-state index contributed by atoms with van der Waals surface area (Å²) in [7, 11) is 1.83. The van der Waals surface area contributed by atoms with Gasteiger partial charge >= 0.3 is 0 Å². The van der Waals surface area contributed by atoms with Gasteiger partial charge in [-0.25, -0.2) is 0 Å². The fraction of sp³-hybridized carbons (Fsp3) is 0.556. The average Bonchev–Trinajstić information content (AvgIpc) is 3.01. The number of halogens is 1. The predicted molar refractivity (Wildman–Crippen MR) is 100 cm³/mol. The van der Waals surface area contributed by atoms with Crippen molar-refractivity contribution in [2.75, 3.05) is 33.2 Å². The summed E-state index contributed by atoms with van der Waals surface area (Å²) >= 11 is 3.37. The molecule has 1 aliphatic heterocycles. The Bertz CT molecular complexity index is 610. The van der Waals surface area contributed by atoms with Crippen LogP contribution >= 0.6 is 15.9 Å². The number of carbonyl (C=O) groups excluding carboxylic acids is 1. The summed E-state index contributed by atoms with van der Waals surface area (Å²) in [6.45, 7) is 3.47. The van der Waals surface area contributed by atoms with Crippen LogP contribution in [0.5, 0.6) is 0 Å². The minimum atomic E-state index is -0.0473. The Morgan fingerprint density at radius 1 is 1.21 bits per heavy atom. The van der Waals surface area contributed by atoms with Crippen molar-refractivity contribution < 1.29 is 4.79 Å². The van der Waals surface area contributed by atoms with Crippen LogP contribution in [0.2, 0.25) is 0 Å². The molecule has 130 valence electrons. The van der Waals surface area contributed by atoms with Crippen molar-refractivity contribution in [3.05, 3.63) is 34.3 Å². The highest BCUT2D eigenvalue weighted by atomic mass is 79.9. The summed E-state index contributed by atoms with van der Waals surface area (Å²) in [4.78, 5) is 18.8. The van der Waals surface area contributed by atoms with Gasteiger partial charge in [0.2, 0.25) is 0 Å². The number of amides is 1. The average molecular weight is 393 g/mol. The number of hydrogen-bond donors (Lipinski definition) is 2. The van der Waals surface area contributed by atoms with E-state index in [0.717, 1.165) is 23.5 Å². The van der Waals surface area contributed by atoms with Gasteiger partial charge in [-0.05, 0) is 48.9 Å². The minimum Gasteiger partial charge on any atom is -0.354 e. The summed E-state index contributed by atoms with van der Waals surface area (Å²) in [5, 5.41) is 6.30. The summed E-state index contributed by atoms with van der Waals surface area (Å²) in [5.41, 5.74) is 1.24. The molecule has 1 saturated carbocycles. The molecule has 3 rings (SSSR count). The number of rotatable bonds is 4. The Morgan fingerprint density at radius 2 is 1.92 bits per heavy atom. The number of carbonyl (C=O) groups is 1. The molecule has 2 fully saturated rings. The summed E-state index contributed by atoms with van der Waals surface area (Å²) in [6, 6.07) is 7.37. The predicted octanol–water partition coefficient (Wildman–Crippen LogP) is 2.63. The Kier molecular flexibility index (Phi) is 5.43. The van der Waals surface area contributed by atoms with E-state index in [-0.39, 0.29) is 5.91 Å². The van der Waals surface area contributed by atoms with E-state index in [0.29, 0.717) is 24.1 Å². The lowest BCUT2D eigenvalue weighted by Crippen LogP contribution is -2.44. The maximum atomic E-state index is 12.1. The summed E-state index contributed by atoms with van der Waals surface area (Å²) in [5.74, 6) is 0.908. The minimum absolute atomic E-state index is 0.0473. The number of aliphatic imine (C=N–C) groups is 1. The van der Waals surface area contributed by atoms with Crippen LogP contribution in [0, 0.1) is 5.41 Å². The lowest BCUT2D eigenvalue weighted by atomic mass is 9.68. The number of nitrogens with one attached hydrogen (secondary N) is 2. The molecule has 1 saturated heterocycles. The van der Waals surface area contributed by atoms with E-state index in [1.165, 1.54) is 25.7 Å². The molecule has 1 aromatic rings. The molecule has 2 aliphatic rings. The molecular weight excluding hydrogens is 368 g/mol. The van der Waals surface area contributed by atoms with E-state index in [4.69, 9.17) is 0 Å². The van der Waals surface area contributed by atoms with Crippen molar-refractivity contribution in [3.8, 4) is 0 Å². The molecular formula is C18H25BrN4O. The molecule has 0 bridgehead atoms. The molecule has 1 aliphatic carbocycles. The van der Waals surface area contributed by atoms with Crippen LogP contribution in [-0.4, -0.2) is 50.0 Å². The summed E-state index contributed by atoms with van der Waals surface area (Å²) < 4.78 is 0.972. The molecule has 1 aromatic carbocycles. The first-order valence-electron chi connectivity index (χ1n) is 8.61. The molecule has 0 aromatic heterocycles. The molecule has 0 atom stereocenters. The van der Waals surface area contributed by atoms with Gasteiger partial charge in [-0.15, -0.1) is 0 Å². The molecule has 1 amide bonds. The maximum Gasteiger partial charge on any atom is 0.251 e. The quantitative estimate of drug-likeness (QED) is 0.470. The van der Waals surface area contributed by atoms with Gasteiger partial charge in [0.1, 0.15) is 0 Å². The lowest BCUT2D eigenvalue weighted by Gasteiger charge is -2.38. The standard InChI is InChI=1S/C18H25BrN4O/c1-20-17(23-12-9-18(13-23)7-2-8-18)22-11-10-21-16(24)14-3-5-15(19)6-4-14/h3-6H,2,7-13H2,1H3,(H,20,22)(H,21,24). The van der Waals surface area contributed by atoms with Crippen molar-refractivity contribution in [2.24, 2.45) is 10.4 Å². The first kappa shape index (κ1) is 17.3. The van der Waals surface area contributed by atoms with Crippen molar-refractivity contribution in [1.29, 1.82) is 0 Å². The fourth-order valence-corrected chi connectivity index (χ4v) is 3.85. The molecule has 1 heterocycles. The summed E-state index contributed by atoms with van der Waals surface area (Å²) in [6.07, 6.45) is 5.39. The van der Waals surface area contributed by atoms with Crippen LogP contribution in [0.15, 0.2) is 33.7 Å². The largest absolute Gasteiger partial charge is 0.354 e. The highest BCUT2D eigenvalue weighted by Crippen LogP contribution is 2.47. The maximum absolute atomic E-state index is 12.1. The van der Waals surface area contributed by atoms with Crippen LogP contribution in [0.25, 0.3) is 0 Å². The monoisotopic (exact) mass is 392 g/mol. The van der Waals surface area contributed by atoms with Gasteiger partial charge in [0, 0.05) is 43.3 Å². The zero-order valence-corrected chi connectivity index (χ0v) is 15.7. The van der Waals surface area contributed by atoms with Gasteiger partial charge in [-0.2, -0.15) is 0 Å². The van der Waals surface area contributed by atoms with Crippen LogP contribution in [0.3, 0.4) is 0 Å². The van der Waals surface area contributed by atoms with E-state index in [1.807, 2.05) is 31.3 Å².